The molecule has 0 aliphatic rings. The summed E-state index contributed by atoms with van der Waals surface area (Å²) in [6.07, 6.45) is 1.50. The SMILES string of the molecule is Cc1ccc(NC(=O)c2ccc(Sc3nncn3C)c([N+](=O)[O-])c2)c(Cl)c1. The smallest absolute Gasteiger partial charge is 0.284 e. The monoisotopic (exact) mass is 403 g/mol. The average molecular weight is 404 g/mol. The van der Waals surface area contributed by atoms with E-state index >= 15 is 0 Å². The van der Waals surface area contributed by atoms with Gasteiger partial charge in [-0.1, -0.05) is 17.7 Å². The lowest BCUT2D eigenvalue weighted by Crippen LogP contribution is -2.12. The van der Waals surface area contributed by atoms with Crippen LogP contribution in [0.1, 0.15) is 15.9 Å². The number of benzene rings is 2. The number of nitrogens with one attached hydrogen (secondary N) is 1. The van der Waals surface area contributed by atoms with Gasteiger partial charge in [0.2, 0.25) is 0 Å². The van der Waals surface area contributed by atoms with Crippen LogP contribution in [-0.2, 0) is 7.05 Å². The number of halogens is 1. The number of aromatic nitrogens is 3. The third kappa shape index (κ3) is 4.26. The maximum atomic E-state index is 12.5. The molecule has 1 aromatic heterocycles. The Morgan fingerprint density at radius 3 is 2.70 bits per heavy atom. The molecule has 3 aromatic rings. The molecule has 0 aliphatic heterocycles. The van der Waals surface area contributed by atoms with Crippen LogP contribution >= 0.6 is 23.4 Å². The van der Waals surface area contributed by atoms with Crippen LogP contribution < -0.4 is 5.32 Å². The highest BCUT2D eigenvalue weighted by molar-refractivity contribution is 7.99. The zero-order chi connectivity index (χ0) is 19.6. The molecule has 0 fully saturated rings. The van der Waals surface area contributed by atoms with Crippen LogP contribution in [0.4, 0.5) is 11.4 Å². The van der Waals surface area contributed by atoms with Crippen molar-refractivity contribution in [3.8, 4) is 0 Å². The van der Waals surface area contributed by atoms with Gasteiger partial charge in [-0.3, -0.25) is 14.9 Å². The minimum absolute atomic E-state index is 0.153. The summed E-state index contributed by atoms with van der Waals surface area (Å²) >= 11 is 7.22. The lowest BCUT2D eigenvalue weighted by molar-refractivity contribution is -0.387. The number of carbonyl (C=O) groups is 1. The maximum absolute atomic E-state index is 12.5. The summed E-state index contributed by atoms with van der Waals surface area (Å²) in [6.45, 7) is 1.88. The molecule has 138 valence electrons. The van der Waals surface area contributed by atoms with E-state index in [1.165, 1.54) is 24.5 Å². The fraction of sp³-hybridized carbons (Fsp3) is 0.118. The van der Waals surface area contributed by atoms with Crippen molar-refractivity contribution >= 4 is 40.6 Å². The summed E-state index contributed by atoms with van der Waals surface area (Å²) in [4.78, 5) is 23.8. The van der Waals surface area contributed by atoms with Crippen LogP contribution in [0.5, 0.6) is 0 Å². The maximum Gasteiger partial charge on any atom is 0.284 e. The lowest BCUT2D eigenvalue weighted by Gasteiger charge is -2.09. The summed E-state index contributed by atoms with van der Waals surface area (Å²) in [7, 11) is 1.74. The minimum atomic E-state index is -0.533. The molecule has 10 heteroatoms. The Bertz CT molecular complexity index is 1040. The van der Waals surface area contributed by atoms with E-state index in [-0.39, 0.29) is 11.3 Å². The molecule has 8 nitrogen and oxygen atoms in total. The number of anilines is 1. The second-order valence-corrected chi connectivity index (χ2v) is 7.12. The van der Waals surface area contributed by atoms with Crippen molar-refractivity contribution in [2.75, 3.05) is 5.32 Å². The van der Waals surface area contributed by atoms with E-state index in [1.807, 2.05) is 13.0 Å². The highest BCUT2D eigenvalue weighted by Gasteiger charge is 2.20. The fourth-order valence-electron chi connectivity index (χ4n) is 2.27. The first-order valence-electron chi connectivity index (χ1n) is 7.73. The van der Waals surface area contributed by atoms with Gasteiger partial charge in [-0.25, -0.2) is 0 Å². The molecule has 0 unspecified atom stereocenters. The molecule has 0 bridgehead atoms. The number of nitrogens with zero attached hydrogens (tertiary/aromatic N) is 4. The van der Waals surface area contributed by atoms with Crippen LogP contribution in [0.2, 0.25) is 5.02 Å². The normalized spacial score (nSPS) is 10.6. The summed E-state index contributed by atoms with van der Waals surface area (Å²) in [5, 5.41) is 22.7. The van der Waals surface area contributed by atoms with E-state index in [1.54, 1.807) is 23.7 Å². The van der Waals surface area contributed by atoms with E-state index in [0.717, 1.165) is 17.3 Å². The van der Waals surface area contributed by atoms with Gasteiger partial charge in [-0.15, -0.1) is 10.2 Å². The zero-order valence-electron chi connectivity index (χ0n) is 14.3. The van der Waals surface area contributed by atoms with Gasteiger partial charge in [0.15, 0.2) is 5.16 Å². The molecule has 2 aromatic carbocycles. The predicted octanol–water partition coefficient (Wildman–Crippen LogP) is 4.09. The topological polar surface area (TPSA) is 103 Å². The van der Waals surface area contributed by atoms with E-state index in [0.29, 0.717) is 20.8 Å². The van der Waals surface area contributed by atoms with E-state index in [9.17, 15) is 14.9 Å². The summed E-state index contributed by atoms with van der Waals surface area (Å²) in [5.41, 5.74) is 1.36. The Kier molecular flexibility index (Phi) is 5.43. The molecule has 27 heavy (non-hydrogen) atoms. The highest BCUT2D eigenvalue weighted by atomic mass is 35.5. The van der Waals surface area contributed by atoms with Crippen molar-refractivity contribution < 1.29 is 9.72 Å². The van der Waals surface area contributed by atoms with Crippen LogP contribution in [0.3, 0.4) is 0 Å². The van der Waals surface area contributed by atoms with Gasteiger partial charge in [0.05, 0.1) is 20.5 Å². The number of nitro benzene ring substituents is 1. The van der Waals surface area contributed by atoms with Gasteiger partial charge in [0.25, 0.3) is 11.6 Å². The van der Waals surface area contributed by atoms with Crippen LogP contribution in [0, 0.1) is 17.0 Å². The molecule has 1 N–H and O–H groups in total. The van der Waals surface area contributed by atoms with Gasteiger partial charge in [0, 0.05) is 18.7 Å². The molecule has 0 spiro atoms. The van der Waals surface area contributed by atoms with Gasteiger partial charge in [0.1, 0.15) is 6.33 Å². The van der Waals surface area contributed by atoms with Crippen molar-refractivity contribution in [1.29, 1.82) is 0 Å². The minimum Gasteiger partial charge on any atom is -0.321 e. The summed E-state index contributed by atoms with van der Waals surface area (Å²) in [5.74, 6) is -0.487. The molecule has 1 heterocycles. The van der Waals surface area contributed by atoms with Crippen LogP contribution in [0.15, 0.2) is 52.8 Å². The summed E-state index contributed by atoms with van der Waals surface area (Å²) < 4.78 is 1.65. The average Bonchev–Trinajstić information content (AvgIpc) is 3.02. The third-order valence-corrected chi connectivity index (χ3v) is 5.09. The quantitative estimate of drug-likeness (QED) is 0.508. The van der Waals surface area contributed by atoms with E-state index < -0.39 is 10.8 Å². The van der Waals surface area contributed by atoms with Crippen molar-refractivity contribution in [3.63, 3.8) is 0 Å². The first-order chi connectivity index (χ1) is 12.8. The first kappa shape index (κ1) is 18.9. The molecule has 1 amide bonds. The van der Waals surface area contributed by atoms with E-state index in [4.69, 9.17) is 11.6 Å². The van der Waals surface area contributed by atoms with Crippen molar-refractivity contribution in [2.45, 2.75) is 17.0 Å². The second kappa shape index (κ2) is 7.77. The third-order valence-electron chi connectivity index (χ3n) is 3.66. The lowest BCUT2D eigenvalue weighted by atomic mass is 10.1. The van der Waals surface area contributed by atoms with Crippen molar-refractivity contribution in [3.05, 3.63) is 69.0 Å². The van der Waals surface area contributed by atoms with E-state index in [2.05, 4.69) is 15.5 Å². The largest absolute Gasteiger partial charge is 0.321 e. The van der Waals surface area contributed by atoms with Gasteiger partial charge in [-0.05, 0) is 48.5 Å². The number of aryl methyl sites for hydroxylation is 2. The molecule has 0 atom stereocenters. The molecule has 0 saturated heterocycles. The number of amides is 1. The van der Waals surface area contributed by atoms with Crippen LogP contribution in [-0.4, -0.2) is 25.6 Å². The molecular formula is C17H14ClN5O3S. The number of rotatable bonds is 5. The molecule has 0 radical (unpaired) electrons. The molecule has 0 aliphatic carbocycles. The molecule has 3 rings (SSSR count). The Morgan fingerprint density at radius 2 is 2.07 bits per heavy atom. The summed E-state index contributed by atoms with van der Waals surface area (Å²) in [6, 6.07) is 9.48. The Labute approximate surface area is 163 Å². The Balaban J connectivity index is 1.88. The number of carbonyl (C=O) groups excluding carboxylic acids is 1. The molecule has 0 saturated carbocycles. The first-order valence-corrected chi connectivity index (χ1v) is 8.92. The Hall–Kier alpha value is -2.91. The number of hydrogen-bond acceptors (Lipinski definition) is 6. The predicted molar refractivity (Wildman–Crippen MR) is 102 cm³/mol. The second-order valence-electron chi connectivity index (χ2n) is 5.70. The standard InChI is InChI=1S/C17H14ClN5O3S/c1-10-3-5-13(12(18)7-10)20-16(24)11-4-6-15(14(8-11)23(25)26)27-17-21-19-9-22(17)2/h3-9H,1-2H3,(H,20,24). The number of nitro groups is 1. The zero-order valence-corrected chi connectivity index (χ0v) is 15.9. The number of hydrogen-bond donors (Lipinski definition) is 1. The fourth-order valence-corrected chi connectivity index (χ4v) is 3.40. The Morgan fingerprint density at radius 1 is 1.30 bits per heavy atom. The van der Waals surface area contributed by atoms with Crippen molar-refractivity contribution in [2.24, 2.45) is 7.05 Å². The van der Waals surface area contributed by atoms with Gasteiger partial charge < -0.3 is 9.88 Å². The van der Waals surface area contributed by atoms with Crippen LogP contribution in [0.25, 0.3) is 0 Å². The molecular weight excluding hydrogens is 390 g/mol. The van der Waals surface area contributed by atoms with Gasteiger partial charge in [-0.2, -0.15) is 0 Å². The highest BCUT2D eigenvalue weighted by Crippen LogP contribution is 2.34. The van der Waals surface area contributed by atoms with Crippen molar-refractivity contribution in [1.82, 2.24) is 14.8 Å². The van der Waals surface area contributed by atoms with Gasteiger partial charge >= 0.3 is 0 Å².